The van der Waals surface area contributed by atoms with Crippen LogP contribution >= 0.6 is 0 Å². The summed E-state index contributed by atoms with van der Waals surface area (Å²) in [5, 5.41) is 3.47. The van der Waals surface area contributed by atoms with Crippen LogP contribution in [0, 0.1) is 5.92 Å². The van der Waals surface area contributed by atoms with Crippen LogP contribution in [0.25, 0.3) is 0 Å². The first-order valence-corrected chi connectivity index (χ1v) is 7.05. The molecule has 1 aliphatic rings. The molecular formula is C17H19NO2. The van der Waals surface area contributed by atoms with Crippen LogP contribution in [0.15, 0.2) is 54.6 Å². The van der Waals surface area contributed by atoms with Gasteiger partial charge < -0.3 is 14.8 Å². The number of rotatable bonds is 5. The Balaban J connectivity index is 1.67. The second kappa shape index (κ2) is 6.44. The molecule has 2 aromatic rings. The molecule has 0 aromatic heterocycles. The molecule has 3 heteroatoms. The lowest BCUT2D eigenvalue weighted by Crippen LogP contribution is -2.14. The Labute approximate surface area is 119 Å². The molecule has 0 bridgehead atoms. The van der Waals surface area contributed by atoms with Crippen molar-refractivity contribution in [1.29, 1.82) is 0 Å². The van der Waals surface area contributed by atoms with Gasteiger partial charge >= 0.3 is 0 Å². The summed E-state index contributed by atoms with van der Waals surface area (Å²) in [6, 6.07) is 17.9. The molecule has 1 atom stereocenters. The summed E-state index contributed by atoms with van der Waals surface area (Å²) >= 11 is 0. The molecular weight excluding hydrogens is 250 g/mol. The Bertz CT molecular complexity index is 536. The van der Waals surface area contributed by atoms with E-state index in [4.69, 9.17) is 9.47 Å². The number of anilines is 1. The molecule has 1 unspecified atom stereocenters. The minimum Gasteiger partial charge on any atom is -0.455 e. The fourth-order valence-corrected chi connectivity index (χ4v) is 2.32. The molecule has 104 valence electrons. The summed E-state index contributed by atoms with van der Waals surface area (Å²) in [5.74, 6) is 2.31. The first kappa shape index (κ1) is 13.0. The van der Waals surface area contributed by atoms with Gasteiger partial charge in [0.25, 0.3) is 0 Å². The summed E-state index contributed by atoms with van der Waals surface area (Å²) in [5.41, 5.74) is 1.03. The highest BCUT2D eigenvalue weighted by atomic mass is 16.5. The van der Waals surface area contributed by atoms with Crippen molar-refractivity contribution in [3.63, 3.8) is 0 Å². The molecule has 1 N–H and O–H groups in total. The molecule has 20 heavy (non-hydrogen) atoms. The first-order chi connectivity index (χ1) is 9.92. The number of nitrogens with one attached hydrogen (secondary N) is 1. The lowest BCUT2D eigenvalue weighted by Gasteiger charge is -2.15. The van der Waals surface area contributed by atoms with E-state index in [1.807, 2.05) is 54.6 Å². The van der Waals surface area contributed by atoms with Gasteiger partial charge in [-0.2, -0.15) is 0 Å². The number of ether oxygens (including phenoxy) is 2. The highest BCUT2D eigenvalue weighted by molar-refractivity contribution is 5.57. The lowest BCUT2D eigenvalue weighted by molar-refractivity contribution is 0.187. The van der Waals surface area contributed by atoms with Crippen molar-refractivity contribution in [3.8, 4) is 11.5 Å². The van der Waals surface area contributed by atoms with Gasteiger partial charge in [-0.15, -0.1) is 0 Å². The maximum absolute atomic E-state index is 5.93. The van der Waals surface area contributed by atoms with Gasteiger partial charge in [-0.1, -0.05) is 30.3 Å². The largest absolute Gasteiger partial charge is 0.455 e. The van der Waals surface area contributed by atoms with Crippen LogP contribution in [-0.4, -0.2) is 19.8 Å². The van der Waals surface area contributed by atoms with Crippen LogP contribution in [0.2, 0.25) is 0 Å². The maximum atomic E-state index is 5.93. The van der Waals surface area contributed by atoms with Crippen LogP contribution in [0.4, 0.5) is 5.69 Å². The second-order valence-electron chi connectivity index (χ2n) is 5.02. The predicted molar refractivity (Wildman–Crippen MR) is 80.4 cm³/mol. The third-order valence-electron chi connectivity index (χ3n) is 3.46. The monoisotopic (exact) mass is 269 g/mol. The van der Waals surface area contributed by atoms with Gasteiger partial charge in [0.1, 0.15) is 5.75 Å². The molecule has 0 spiro atoms. The zero-order valence-electron chi connectivity index (χ0n) is 11.4. The van der Waals surface area contributed by atoms with E-state index in [1.165, 1.54) is 0 Å². The number of benzene rings is 2. The molecule has 1 aliphatic heterocycles. The molecule has 1 fully saturated rings. The van der Waals surface area contributed by atoms with Gasteiger partial charge in [0.15, 0.2) is 5.75 Å². The quantitative estimate of drug-likeness (QED) is 0.892. The van der Waals surface area contributed by atoms with E-state index in [1.54, 1.807) is 0 Å². The zero-order valence-corrected chi connectivity index (χ0v) is 11.4. The fourth-order valence-electron chi connectivity index (χ4n) is 2.32. The smallest absolute Gasteiger partial charge is 0.150 e. The van der Waals surface area contributed by atoms with E-state index in [0.29, 0.717) is 5.92 Å². The van der Waals surface area contributed by atoms with E-state index in [2.05, 4.69) is 5.32 Å². The molecule has 0 radical (unpaired) electrons. The Kier molecular flexibility index (Phi) is 4.19. The van der Waals surface area contributed by atoms with Crippen molar-refractivity contribution < 1.29 is 9.47 Å². The third-order valence-corrected chi connectivity index (χ3v) is 3.46. The molecule has 0 amide bonds. The van der Waals surface area contributed by atoms with Crippen molar-refractivity contribution in [1.82, 2.24) is 0 Å². The highest BCUT2D eigenvalue weighted by Crippen LogP contribution is 2.29. The van der Waals surface area contributed by atoms with Crippen LogP contribution in [0.1, 0.15) is 6.42 Å². The van der Waals surface area contributed by atoms with Gasteiger partial charge in [-0.05, 0) is 30.7 Å². The lowest BCUT2D eigenvalue weighted by atomic mass is 10.1. The molecule has 2 aromatic carbocycles. The van der Waals surface area contributed by atoms with Crippen molar-refractivity contribution in [2.24, 2.45) is 5.92 Å². The van der Waals surface area contributed by atoms with Crippen molar-refractivity contribution in [2.45, 2.75) is 6.42 Å². The van der Waals surface area contributed by atoms with E-state index >= 15 is 0 Å². The molecule has 0 saturated carbocycles. The van der Waals surface area contributed by atoms with Crippen LogP contribution in [0.3, 0.4) is 0 Å². The SMILES string of the molecule is c1ccc(Oc2ccccc2NCC2CCOC2)cc1. The van der Waals surface area contributed by atoms with E-state index in [0.717, 1.165) is 43.4 Å². The van der Waals surface area contributed by atoms with Gasteiger partial charge in [0.2, 0.25) is 0 Å². The minimum absolute atomic E-state index is 0.597. The first-order valence-electron chi connectivity index (χ1n) is 7.05. The molecule has 3 nitrogen and oxygen atoms in total. The summed E-state index contributed by atoms with van der Waals surface area (Å²) in [7, 11) is 0. The average Bonchev–Trinajstić information content (AvgIpc) is 3.01. The predicted octanol–water partition coefficient (Wildman–Crippen LogP) is 3.93. The van der Waals surface area contributed by atoms with E-state index < -0.39 is 0 Å². The third kappa shape index (κ3) is 3.31. The van der Waals surface area contributed by atoms with Crippen LogP contribution < -0.4 is 10.1 Å². The van der Waals surface area contributed by atoms with Gasteiger partial charge in [0, 0.05) is 19.1 Å². The summed E-state index contributed by atoms with van der Waals surface area (Å²) in [4.78, 5) is 0. The number of hydrogen-bond donors (Lipinski definition) is 1. The van der Waals surface area contributed by atoms with Gasteiger partial charge in [-0.3, -0.25) is 0 Å². The molecule has 3 rings (SSSR count). The van der Waals surface area contributed by atoms with Crippen LogP contribution in [0.5, 0.6) is 11.5 Å². The number of para-hydroxylation sites is 3. The van der Waals surface area contributed by atoms with Gasteiger partial charge in [0.05, 0.1) is 12.3 Å². The molecule has 0 aliphatic carbocycles. The van der Waals surface area contributed by atoms with Crippen LogP contribution in [-0.2, 0) is 4.74 Å². The minimum atomic E-state index is 0.597. The molecule has 1 saturated heterocycles. The Morgan fingerprint density at radius 3 is 2.65 bits per heavy atom. The average molecular weight is 269 g/mol. The zero-order chi connectivity index (χ0) is 13.6. The topological polar surface area (TPSA) is 30.5 Å². The summed E-state index contributed by atoms with van der Waals surface area (Å²) < 4.78 is 11.3. The van der Waals surface area contributed by atoms with Crippen molar-refractivity contribution in [2.75, 3.05) is 25.1 Å². The summed E-state index contributed by atoms with van der Waals surface area (Å²) in [6.07, 6.45) is 1.13. The van der Waals surface area contributed by atoms with E-state index in [9.17, 15) is 0 Å². The fraction of sp³-hybridized carbons (Fsp3) is 0.294. The second-order valence-corrected chi connectivity index (χ2v) is 5.02. The van der Waals surface area contributed by atoms with Crippen molar-refractivity contribution in [3.05, 3.63) is 54.6 Å². The maximum Gasteiger partial charge on any atom is 0.150 e. The standard InChI is InChI=1S/C17H19NO2/c1-2-6-15(7-3-1)20-17-9-5-4-8-16(17)18-12-14-10-11-19-13-14/h1-9,14,18H,10-13H2. The number of hydrogen-bond acceptors (Lipinski definition) is 3. The Morgan fingerprint density at radius 1 is 1.05 bits per heavy atom. The Morgan fingerprint density at radius 2 is 1.85 bits per heavy atom. The van der Waals surface area contributed by atoms with Gasteiger partial charge in [-0.25, -0.2) is 0 Å². The van der Waals surface area contributed by atoms with Crippen molar-refractivity contribution >= 4 is 5.69 Å². The van der Waals surface area contributed by atoms with E-state index in [-0.39, 0.29) is 0 Å². The molecule has 1 heterocycles. The Hall–Kier alpha value is -2.00. The summed E-state index contributed by atoms with van der Waals surface area (Å²) in [6.45, 7) is 2.67. The normalized spacial score (nSPS) is 17.9. The highest BCUT2D eigenvalue weighted by Gasteiger charge is 2.15.